The van der Waals surface area contributed by atoms with Crippen molar-refractivity contribution in [2.24, 2.45) is 9.98 Å². The van der Waals surface area contributed by atoms with E-state index < -0.39 is 11.9 Å². The Bertz CT molecular complexity index is 1130. The van der Waals surface area contributed by atoms with E-state index >= 15 is 0 Å². The molecule has 1 N–H and O–H groups in total. The summed E-state index contributed by atoms with van der Waals surface area (Å²) in [5.41, 5.74) is 1.55. The maximum Gasteiger partial charge on any atom is 0.343 e. The number of esters is 1. The van der Waals surface area contributed by atoms with Gasteiger partial charge in [-0.05, 0) is 32.0 Å². The van der Waals surface area contributed by atoms with Gasteiger partial charge in [0.05, 0.1) is 26.5 Å². The van der Waals surface area contributed by atoms with Crippen LogP contribution < -0.4 is 9.47 Å². The molecule has 1 aliphatic heterocycles. The number of amidine groups is 1. The molecule has 0 saturated heterocycles. The monoisotopic (exact) mass is 422 g/mol. The number of fused-ring (bicyclic) bond motifs is 1. The second-order valence-electron chi connectivity index (χ2n) is 6.50. The van der Waals surface area contributed by atoms with Crippen LogP contribution in [0.4, 0.5) is 0 Å². The summed E-state index contributed by atoms with van der Waals surface area (Å²) < 4.78 is 15.5. The third kappa shape index (κ3) is 4.32. The topological polar surface area (TPSA) is 107 Å². The molecule has 0 radical (unpaired) electrons. The molecule has 1 aliphatic rings. The number of methoxy groups -OCH3 is 2. The second-order valence-corrected chi connectivity index (χ2v) is 6.50. The van der Waals surface area contributed by atoms with Crippen LogP contribution in [0, 0.1) is 0 Å². The van der Waals surface area contributed by atoms with Crippen LogP contribution in [-0.2, 0) is 9.53 Å². The third-order valence-electron chi connectivity index (χ3n) is 4.56. The Hall–Kier alpha value is -3.94. The average Bonchev–Trinajstić information content (AvgIpc) is 3.11. The van der Waals surface area contributed by atoms with Crippen LogP contribution in [0.3, 0.4) is 0 Å². The van der Waals surface area contributed by atoms with Gasteiger partial charge in [-0.1, -0.05) is 24.3 Å². The van der Waals surface area contributed by atoms with Crippen LogP contribution in [0.2, 0.25) is 0 Å². The van der Waals surface area contributed by atoms with Crippen LogP contribution >= 0.6 is 0 Å². The Kier molecular flexibility index (Phi) is 6.49. The highest BCUT2D eigenvalue weighted by Gasteiger charge is 2.30. The van der Waals surface area contributed by atoms with Gasteiger partial charge in [-0.15, -0.1) is 0 Å². The van der Waals surface area contributed by atoms with Gasteiger partial charge in [0, 0.05) is 16.7 Å². The van der Waals surface area contributed by atoms with E-state index in [-0.39, 0.29) is 35.0 Å². The molecule has 160 valence electrons. The predicted octanol–water partition coefficient (Wildman–Crippen LogP) is 3.49. The van der Waals surface area contributed by atoms with Gasteiger partial charge in [0.15, 0.2) is 17.3 Å². The largest absolute Gasteiger partial charge is 0.512 e. The number of hydrogen-bond acceptors (Lipinski definition) is 6. The lowest BCUT2D eigenvalue weighted by Gasteiger charge is -2.08. The van der Waals surface area contributed by atoms with Gasteiger partial charge in [-0.2, -0.15) is 4.99 Å². The molecule has 3 rings (SSSR count). The predicted molar refractivity (Wildman–Crippen MR) is 115 cm³/mol. The molecule has 0 aliphatic carbocycles. The number of aliphatic hydroxyl groups excluding tert-OH is 1. The highest BCUT2D eigenvalue weighted by atomic mass is 16.5. The first-order chi connectivity index (χ1) is 14.9. The molecule has 0 unspecified atom stereocenters. The first-order valence-corrected chi connectivity index (χ1v) is 9.52. The van der Waals surface area contributed by atoms with Crippen molar-refractivity contribution < 1.29 is 28.9 Å². The molecule has 8 nitrogen and oxygen atoms in total. The van der Waals surface area contributed by atoms with Crippen molar-refractivity contribution in [3.8, 4) is 11.5 Å². The molecule has 0 spiro atoms. The quantitative estimate of drug-likeness (QED) is 0.434. The number of benzene rings is 2. The lowest BCUT2D eigenvalue weighted by molar-refractivity contribution is -0.138. The third-order valence-corrected chi connectivity index (χ3v) is 4.56. The van der Waals surface area contributed by atoms with Crippen LogP contribution in [0.1, 0.15) is 35.3 Å². The molecule has 2 aromatic carbocycles. The molecule has 31 heavy (non-hydrogen) atoms. The van der Waals surface area contributed by atoms with Crippen molar-refractivity contribution in [2.75, 3.05) is 20.8 Å². The zero-order valence-corrected chi connectivity index (χ0v) is 17.6. The second kappa shape index (κ2) is 9.25. The van der Waals surface area contributed by atoms with E-state index in [4.69, 9.17) is 14.2 Å². The summed E-state index contributed by atoms with van der Waals surface area (Å²) >= 11 is 0. The maximum absolute atomic E-state index is 12.8. The molecule has 0 saturated carbocycles. The van der Waals surface area contributed by atoms with Gasteiger partial charge >= 0.3 is 5.97 Å². The average molecular weight is 422 g/mol. The van der Waals surface area contributed by atoms with Gasteiger partial charge in [-0.25, -0.2) is 9.79 Å². The Morgan fingerprint density at radius 1 is 1.03 bits per heavy atom. The van der Waals surface area contributed by atoms with Crippen LogP contribution in [0.25, 0.3) is 0 Å². The molecular weight excluding hydrogens is 400 g/mol. The molecular formula is C23H22N2O6. The smallest absolute Gasteiger partial charge is 0.343 e. The minimum Gasteiger partial charge on any atom is -0.512 e. The molecule has 0 fully saturated rings. The van der Waals surface area contributed by atoms with Gasteiger partial charge in [0.2, 0.25) is 0 Å². The SMILES string of the molecule is CCOC(=O)C(C1=NC(=NC(=O)c2ccc(OC)c(OC)c2)c2ccccc21)=C(C)O. The summed E-state index contributed by atoms with van der Waals surface area (Å²) in [5, 5.41) is 10.1. The Morgan fingerprint density at radius 2 is 1.71 bits per heavy atom. The molecule has 2 aromatic rings. The fourth-order valence-electron chi connectivity index (χ4n) is 3.14. The van der Waals surface area contributed by atoms with Gasteiger partial charge in [0.1, 0.15) is 11.3 Å². The Morgan fingerprint density at radius 3 is 2.32 bits per heavy atom. The number of allylic oxidation sites excluding steroid dienone is 1. The van der Waals surface area contributed by atoms with Gasteiger partial charge in [-0.3, -0.25) is 4.79 Å². The summed E-state index contributed by atoms with van der Waals surface area (Å²) in [6, 6.07) is 11.7. The van der Waals surface area contributed by atoms with Crippen molar-refractivity contribution in [1.82, 2.24) is 0 Å². The number of aliphatic imine (C=N–C) groups is 2. The van der Waals surface area contributed by atoms with Crippen molar-refractivity contribution in [3.05, 3.63) is 70.5 Å². The first-order valence-electron chi connectivity index (χ1n) is 9.52. The fraction of sp³-hybridized carbons (Fsp3) is 0.217. The molecule has 1 heterocycles. The lowest BCUT2D eigenvalue weighted by Crippen LogP contribution is -2.18. The molecule has 8 heteroatoms. The van der Waals surface area contributed by atoms with E-state index in [1.165, 1.54) is 27.2 Å². The van der Waals surface area contributed by atoms with Crippen molar-refractivity contribution in [1.29, 1.82) is 0 Å². The standard InChI is InChI=1S/C23H22N2O6/c1-5-31-23(28)19(13(2)26)20-15-8-6-7-9-16(15)21(24-20)25-22(27)14-10-11-17(29-3)18(12-14)30-4/h6-12,26H,5H2,1-4H3. The number of aliphatic hydroxyl groups is 1. The van der Waals surface area contributed by atoms with Gasteiger partial charge in [0.25, 0.3) is 5.91 Å². The molecule has 1 amide bonds. The van der Waals surface area contributed by atoms with Crippen LogP contribution in [0.5, 0.6) is 11.5 Å². The lowest BCUT2D eigenvalue weighted by atomic mass is 9.99. The Balaban J connectivity index is 2.07. The summed E-state index contributed by atoms with van der Waals surface area (Å²) in [5.74, 6) is -0.469. The van der Waals surface area contributed by atoms with E-state index in [1.54, 1.807) is 43.3 Å². The number of nitrogens with zero attached hydrogens (tertiary/aromatic N) is 2. The van der Waals surface area contributed by atoms with E-state index in [2.05, 4.69) is 9.98 Å². The maximum atomic E-state index is 12.8. The van der Waals surface area contributed by atoms with E-state index in [1.807, 2.05) is 0 Å². The summed E-state index contributed by atoms with van der Waals surface area (Å²) in [6.07, 6.45) is 0. The summed E-state index contributed by atoms with van der Waals surface area (Å²) in [4.78, 5) is 33.8. The number of rotatable bonds is 6. The zero-order valence-electron chi connectivity index (χ0n) is 17.6. The van der Waals surface area contributed by atoms with E-state index in [0.717, 1.165) is 0 Å². The van der Waals surface area contributed by atoms with Crippen molar-refractivity contribution >= 4 is 23.4 Å². The normalized spacial score (nSPS) is 14.5. The van der Waals surface area contributed by atoms with Crippen LogP contribution in [-0.4, -0.2) is 49.4 Å². The van der Waals surface area contributed by atoms with Gasteiger partial charge < -0.3 is 19.3 Å². The van der Waals surface area contributed by atoms with Crippen molar-refractivity contribution in [3.63, 3.8) is 0 Å². The summed E-state index contributed by atoms with van der Waals surface area (Å²) in [6.45, 7) is 3.19. The highest BCUT2D eigenvalue weighted by Crippen LogP contribution is 2.29. The van der Waals surface area contributed by atoms with E-state index in [0.29, 0.717) is 22.6 Å². The fourth-order valence-corrected chi connectivity index (χ4v) is 3.14. The highest BCUT2D eigenvalue weighted by molar-refractivity contribution is 6.36. The van der Waals surface area contributed by atoms with Crippen LogP contribution in [0.15, 0.2) is 63.8 Å². The number of amides is 1. The first kappa shape index (κ1) is 21.8. The number of carbonyl (C=O) groups excluding carboxylic acids is 2. The molecule has 0 atom stereocenters. The number of ether oxygens (including phenoxy) is 3. The molecule has 0 bridgehead atoms. The van der Waals surface area contributed by atoms with Crippen molar-refractivity contribution in [2.45, 2.75) is 13.8 Å². The number of hydrogen-bond donors (Lipinski definition) is 1. The van der Waals surface area contributed by atoms with E-state index in [9.17, 15) is 14.7 Å². The zero-order chi connectivity index (χ0) is 22.5. The minimum atomic E-state index is -0.705. The molecule has 0 aromatic heterocycles. The summed E-state index contributed by atoms with van der Waals surface area (Å²) in [7, 11) is 2.98. The Labute approximate surface area is 179 Å². The number of carbonyl (C=O) groups is 2. The minimum absolute atomic E-state index is 0.0712.